The molecule has 0 radical (unpaired) electrons. The summed E-state index contributed by atoms with van der Waals surface area (Å²) >= 11 is 0. The van der Waals surface area contributed by atoms with Crippen molar-refractivity contribution in [1.29, 1.82) is 0 Å². The Morgan fingerprint density at radius 2 is 1.88 bits per heavy atom. The smallest absolute Gasteiger partial charge is 0.226 e. The fourth-order valence-electron chi connectivity index (χ4n) is 1.30. The molecule has 84 valence electrons. The van der Waals surface area contributed by atoms with Crippen molar-refractivity contribution in [3.05, 3.63) is 42.0 Å². The minimum Gasteiger partial charge on any atom is -0.439 e. The third-order valence-corrected chi connectivity index (χ3v) is 2.23. The van der Waals surface area contributed by atoms with Crippen LogP contribution in [0.5, 0.6) is 0 Å². The van der Waals surface area contributed by atoms with Crippen LogP contribution in [0.4, 0.5) is 4.39 Å². The number of nitrogens with two attached hydrogens (primary N) is 1. The zero-order chi connectivity index (χ0) is 11.8. The Morgan fingerprint density at radius 3 is 2.38 bits per heavy atom. The Hall–Kier alpha value is -1.68. The molecule has 0 aliphatic heterocycles. The van der Waals surface area contributed by atoms with E-state index in [1.165, 1.54) is 12.1 Å². The molecule has 1 aromatic heterocycles. The first-order valence-corrected chi connectivity index (χ1v) is 4.98. The van der Waals surface area contributed by atoms with E-state index in [9.17, 15) is 4.39 Å². The molecule has 0 aliphatic carbocycles. The quantitative estimate of drug-likeness (QED) is 0.846. The lowest BCUT2D eigenvalue weighted by molar-refractivity contribution is 0.400. The molecular weight excluding hydrogens is 207 g/mol. The van der Waals surface area contributed by atoms with Crippen LogP contribution in [0.1, 0.15) is 19.6 Å². The number of nitrogens with zero attached hydrogens (tertiary/aromatic N) is 1. The number of oxazole rings is 1. The molecule has 0 spiro atoms. The molecule has 0 atom stereocenters. The van der Waals surface area contributed by atoms with E-state index >= 15 is 0 Å². The molecule has 2 aromatic rings. The topological polar surface area (TPSA) is 52.0 Å². The van der Waals surface area contributed by atoms with Gasteiger partial charge >= 0.3 is 0 Å². The number of hydrogen-bond acceptors (Lipinski definition) is 3. The van der Waals surface area contributed by atoms with E-state index in [4.69, 9.17) is 10.2 Å². The first-order chi connectivity index (χ1) is 7.47. The summed E-state index contributed by atoms with van der Waals surface area (Å²) in [7, 11) is 0. The minimum absolute atomic E-state index is 0.283. The molecule has 2 N–H and O–H groups in total. The molecule has 0 saturated carbocycles. The number of aromatic nitrogens is 1. The maximum Gasteiger partial charge on any atom is 0.226 e. The summed E-state index contributed by atoms with van der Waals surface area (Å²) in [6.45, 7) is 3.67. The second-order valence-electron chi connectivity index (χ2n) is 4.26. The normalized spacial score (nSPS) is 11.8. The minimum atomic E-state index is -0.564. The van der Waals surface area contributed by atoms with E-state index in [1.54, 1.807) is 18.3 Å². The average molecular weight is 220 g/mol. The van der Waals surface area contributed by atoms with Crippen LogP contribution in [-0.4, -0.2) is 4.98 Å². The number of benzene rings is 1. The van der Waals surface area contributed by atoms with Crippen LogP contribution < -0.4 is 5.73 Å². The van der Waals surface area contributed by atoms with E-state index in [2.05, 4.69) is 4.98 Å². The second kappa shape index (κ2) is 3.72. The summed E-state index contributed by atoms with van der Waals surface area (Å²) < 4.78 is 18.2. The van der Waals surface area contributed by atoms with Gasteiger partial charge in [0.15, 0.2) is 0 Å². The van der Waals surface area contributed by atoms with Gasteiger partial charge in [0.25, 0.3) is 0 Å². The Kier molecular flexibility index (Phi) is 2.52. The molecular formula is C12H13FN2O. The monoisotopic (exact) mass is 220 g/mol. The first-order valence-electron chi connectivity index (χ1n) is 4.98. The SMILES string of the molecule is CC(C)(N)c1cnc(-c2ccc(F)cc2)o1. The Labute approximate surface area is 93.1 Å². The number of hydrogen-bond donors (Lipinski definition) is 1. The summed E-state index contributed by atoms with van der Waals surface area (Å²) in [4.78, 5) is 4.11. The molecule has 0 unspecified atom stereocenters. The highest BCUT2D eigenvalue weighted by atomic mass is 19.1. The van der Waals surface area contributed by atoms with E-state index in [0.29, 0.717) is 11.7 Å². The fraction of sp³-hybridized carbons (Fsp3) is 0.250. The zero-order valence-electron chi connectivity index (χ0n) is 9.20. The highest BCUT2D eigenvalue weighted by Gasteiger charge is 2.20. The van der Waals surface area contributed by atoms with Gasteiger partial charge in [-0.15, -0.1) is 0 Å². The van der Waals surface area contributed by atoms with Gasteiger partial charge in [0.1, 0.15) is 11.6 Å². The van der Waals surface area contributed by atoms with Gasteiger partial charge in [-0.25, -0.2) is 9.37 Å². The lowest BCUT2D eigenvalue weighted by Gasteiger charge is -2.13. The highest BCUT2D eigenvalue weighted by molar-refractivity contribution is 5.52. The molecule has 2 rings (SSSR count). The molecule has 0 amide bonds. The van der Waals surface area contributed by atoms with Crippen LogP contribution in [-0.2, 0) is 5.54 Å². The average Bonchev–Trinajstić information content (AvgIpc) is 2.67. The lowest BCUT2D eigenvalue weighted by atomic mass is 10.1. The van der Waals surface area contributed by atoms with Gasteiger partial charge in [0.2, 0.25) is 5.89 Å². The van der Waals surface area contributed by atoms with Crippen LogP contribution in [0, 0.1) is 5.82 Å². The fourth-order valence-corrected chi connectivity index (χ4v) is 1.30. The first kappa shape index (κ1) is 10.8. The van der Waals surface area contributed by atoms with Crippen molar-refractivity contribution < 1.29 is 8.81 Å². The highest BCUT2D eigenvalue weighted by Crippen LogP contribution is 2.24. The van der Waals surface area contributed by atoms with Crippen LogP contribution in [0.3, 0.4) is 0 Å². The van der Waals surface area contributed by atoms with E-state index in [1.807, 2.05) is 13.8 Å². The van der Waals surface area contributed by atoms with E-state index in [0.717, 1.165) is 5.56 Å². The summed E-state index contributed by atoms with van der Waals surface area (Å²) in [6.07, 6.45) is 1.60. The standard InChI is InChI=1S/C12H13FN2O/c1-12(2,14)10-7-15-11(16-10)8-3-5-9(13)6-4-8/h3-7H,14H2,1-2H3. The van der Waals surface area contributed by atoms with Crippen LogP contribution in [0.2, 0.25) is 0 Å². The third-order valence-electron chi connectivity index (χ3n) is 2.23. The maximum atomic E-state index is 12.7. The molecule has 1 heterocycles. The van der Waals surface area contributed by atoms with Crippen molar-refractivity contribution in [1.82, 2.24) is 4.98 Å². The molecule has 4 heteroatoms. The van der Waals surface area contributed by atoms with Crippen molar-refractivity contribution in [2.45, 2.75) is 19.4 Å². The van der Waals surface area contributed by atoms with Crippen molar-refractivity contribution >= 4 is 0 Å². The van der Waals surface area contributed by atoms with Crippen LogP contribution >= 0.6 is 0 Å². The predicted molar refractivity (Wildman–Crippen MR) is 59.1 cm³/mol. The number of halogens is 1. The van der Waals surface area contributed by atoms with Gasteiger partial charge in [-0.05, 0) is 38.1 Å². The summed E-state index contributed by atoms with van der Waals surface area (Å²) in [5.74, 6) is 0.773. The van der Waals surface area contributed by atoms with Crippen LogP contribution in [0.25, 0.3) is 11.5 Å². The third kappa shape index (κ3) is 2.12. The maximum absolute atomic E-state index is 12.7. The van der Waals surface area contributed by atoms with Crippen molar-refractivity contribution in [3.63, 3.8) is 0 Å². The summed E-state index contributed by atoms with van der Waals surface area (Å²) in [6, 6.07) is 5.97. The molecule has 1 aromatic carbocycles. The van der Waals surface area contributed by atoms with Crippen molar-refractivity contribution in [3.8, 4) is 11.5 Å². The number of rotatable bonds is 2. The predicted octanol–water partition coefficient (Wildman–Crippen LogP) is 2.67. The van der Waals surface area contributed by atoms with Gasteiger partial charge in [0.05, 0.1) is 11.7 Å². The zero-order valence-corrected chi connectivity index (χ0v) is 9.20. The molecule has 0 fully saturated rings. The summed E-state index contributed by atoms with van der Waals surface area (Å²) in [5.41, 5.74) is 6.05. The molecule has 3 nitrogen and oxygen atoms in total. The van der Waals surface area contributed by atoms with Crippen molar-refractivity contribution in [2.75, 3.05) is 0 Å². The second-order valence-corrected chi connectivity index (χ2v) is 4.26. The largest absolute Gasteiger partial charge is 0.439 e. The van der Waals surface area contributed by atoms with Crippen LogP contribution in [0.15, 0.2) is 34.9 Å². The summed E-state index contributed by atoms with van der Waals surface area (Å²) in [5, 5.41) is 0. The molecule has 16 heavy (non-hydrogen) atoms. The van der Waals surface area contributed by atoms with Gasteiger partial charge in [-0.3, -0.25) is 0 Å². The lowest BCUT2D eigenvalue weighted by Crippen LogP contribution is -2.27. The molecule has 0 bridgehead atoms. The Balaban J connectivity index is 2.35. The van der Waals surface area contributed by atoms with Gasteiger partial charge in [-0.2, -0.15) is 0 Å². The van der Waals surface area contributed by atoms with Gasteiger partial charge in [0, 0.05) is 5.56 Å². The molecule has 0 saturated heterocycles. The van der Waals surface area contributed by atoms with Gasteiger partial charge in [-0.1, -0.05) is 0 Å². The van der Waals surface area contributed by atoms with E-state index < -0.39 is 5.54 Å². The molecule has 0 aliphatic rings. The Bertz CT molecular complexity index is 482. The van der Waals surface area contributed by atoms with Crippen molar-refractivity contribution in [2.24, 2.45) is 5.73 Å². The van der Waals surface area contributed by atoms with E-state index in [-0.39, 0.29) is 5.82 Å². The Morgan fingerprint density at radius 1 is 1.25 bits per heavy atom. The van der Waals surface area contributed by atoms with Gasteiger partial charge < -0.3 is 10.2 Å².